The summed E-state index contributed by atoms with van der Waals surface area (Å²) < 4.78 is 0. The molecule has 0 aromatic carbocycles. The molecule has 0 N–H and O–H groups in total. The zero-order chi connectivity index (χ0) is 13.0. The van der Waals surface area contributed by atoms with E-state index in [4.69, 9.17) is 12.2 Å². The molecule has 1 aromatic rings. The number of rotatable bonds is 3. The second-order valence-corrected chi connectivity index (χ2v) is 5.66. The molecule has 1 heterocycles. The van der Waals surface area contributed by atoms with Crippen molar-refractivity contribution >= 4 is 22.9 Å². The zero-order valence-electron chi connectivity index (χ0n) is 11.4. The van der Waals surface area contributed by atoms with E-state index in [1.54, 1.807) is 6.20 Å². The van der Waals surface area contributed by atoms with Crippen LogP contribution in [0.1, 0.15) is 45.4 Å². The first-order valence-corrected chi connectivity index (χ1v) is 7.28. The van der Waals surface area contributed by atoms with Gasteiger partial charge in [-0.3, -0.25) is 4.98 Å². The highest BCUT2D eigenvalue weighted by atomic mass is 32.1. The predicted octanol–water partition coefficient (Wildman–Crippen LogP) is 4.21. The standard InChI is InChI=1S/C15H22N2S/c1-3-15(9-5-4-6-10-15)14(18)17(2)13-8-7-11-16-12-13/h7-8,11-12H,3-6,9-10H2,1-2H3. The fourth-order valence-corrected chi connectivity index (χ4v) is 3.43. The van der Waals surface area contributed by atoms with Gasteiger partial charge in [-0.15, -0.1) is 0 Å². The maximum absolute atomic E-state index is 5.79. The Balaban J connectivity index is 2.19. The lowest BCUT2D eigenvalue weighted by Gasteiger charge is -2.40. The molecule has 0 amide bonds. The smallest absolute Gasteiger partial charge is 0.0883 e. The van der Waals surface area contributed by atoms with E-state index in [0.717, 1.165) is 17.1 Å². The highest BCUT2D eigenvalue weighted by Crippen LogP contribution is 2.41. The molecular formula is C15H22N2S. The topological polar surface area (TPSA) is 16.1 Å². The van der Waals surface area contributed by atoms with Crippen molar-refractivity contribution in [2.45, 2.75) is 45.4 Å². The number of anilines is 1. The maximum Gasteiger partial charge on any atom is 0.0883 e. The average molecular weight is 262 g/mol. The minimum atomic E-state index is 0.234. The van der Waals surface area contributed by atoms with Crippen molar-refractivity contribution < 1.29 is 0 Å². The molecule has 0 aliphatic heterocycles. The van der Waals surface area contributed by atoms with Crippen LogP contribution in [0.2, 0.25) is 0 Å². The fraction of sp³-hybridized carbons (Fsp3) is 0.600. The highest BCUT2D eigenvalue weighted by molar-refractivity contribution is 7.80. The van der Waals surface area contributed by atoms with Gasteiger partial charge in [-0.25, -0.2) is 0 Å². The molecule has 0 bridgehead atoms. The normalized spacial score (nSPS) is 18.3. The van der Waals surface area contributed by atoms with Gasteiger partial charge < -0.3 is 4.90 Å². The van der Waals surface area contributed by atoms with Gasteiger partial charge in [0.05, 0.1) is 16.9 Å². The Labute approximate surface area is 115 Å². The molecule has 1 saturated carbocycles. The minimum absolute atomic E-state index is 0.234. The van der Waals surface area contributed by atoms with Crippen LogP contribution in [0.5, 0.6) is 0 Å². The van der Waals surface area contributed by atoms with E-state index >= 15 is 0 Å². The van der Waals surface area contributed by atoms with E-state index < -0.39 is 0 Å². The Morgan fingerprint density at radius 3 is 2.67 bits per heavy atom. The van der Waals surface area contributed by atoms with E-state index in [2.05, 4.69) is 29.9 Å². The van der Waals surface area contributed by atoms with Crippen molar-refractivity contribution in [2.75, 3.05) is 11.9 Å². The van der Waals surface area contributed by atoms with Crippen molar-refractivity contribution in [2.24, 2.45) is 5.41 Å². The maximum atomic E-state index is 5.79. The van der Waals surface area contributed by atoms with Crippen molar-refractivity contribution in [3.05, 3.63) is 24.5 Å². The van der Waals surface area contributed by atoms with Crippen molar-refractivity contribution in [1.82, 2.24) is 4.98 Å². The van der Waals surface area contributed by atoms with Crippen LogP contribution in [0.4, 0.5) is 5.69 Å². The third kappa shape index (κ3) is 2.56. The van der Waals surface area contributed by atoms with E-state index in [-0.39, 0.29) is 5.41 Å². The van der Waals surface area contributed by atoms with Crippen LogP contribution >= 0.6 is 12.2 Å². The number of aromatic nitrogens is 1. The number of hydrogen-bond acceptors (Lipinski definition) is 2. The van der Waals surface area contributed by atoms with Crippen LogP contribution in [-0.4, -0.2) is 17.0 Å². The van der Waals surface area contributed by atoms with Crippen LogP contribution < -0.4 is 4.90 Å². The van der Waals surface area contributed by atoms with Crippen molar-refractivity contribution in [3.63, 3.8) is 0 Å². The van der Waals surface area contributed by atoms with Gasteiger partial charge in [0.15, 0.2) is 0 Å². The predicted molar refractivity (Wildman–Crippen MR) is 81.0 cm³/mol. The third-order valence-corrected chi connectivity index (χ3v) is 4.99. The van der Waals surface area contributed by atoms with Gasteiger partial charge in [-0.05, 0) is 31.4 Å². The molecule has 0 unspecified atom stereocenters. The third-order valence-electron chi connectivity index (χ3n) is 4.28. The summed E-state index contributed by atoms with van der Waals surface area (Å²) in [4.78, 5) is 7.43. The van der Waals surface area contributed by atoms with E-state index in [9.17, 15) is 0 Å². The molecule has 98 valence electrons. The highest BCUT2D eigenvalue weighted by Gasteiger charge is 2.36. The monoisotopic (exact) mass is 262 g/mol. The van der Waals surface area contributed by atoms with Gasteiger partial charge in [0.2, 0.25) is 0 Å². The second-order valence-electron chi connectivity index (χ2n) is 5.27. The molecule has 2 nitrogen and oxygen atoms in total. The summed E-state index contributed by atoms with van der Waals surface area (Å²) in [6.45, 7) is 2.27. The van der Waals surface area contributed by atoms with Gasteiger partial charge in [0, 0.05) is 18.7 Å². The Morgan fingerprint density at radius 1 is 1.39 bits per heavy atom. The van der Waals surface area contributed by atoms with Gasteiger partial charge in [-0.2, -0.15) is 0 Å². The number of hydrogen-bond donors (Lipinski definition) is 0. The Morgan fingerprint density at radius 2 is 2.11 bits per heavy atom. The first kappa shape index (κ1) is 13.5. The summed E-state index contributed by atoms with van der Waals surface area (Å²) in [7, 11) is 2.07. The van der Waals surface area contributed by atoms with Crippen molar-refractivity contribution in [3.8, 4) is 0 Å². The lowest BCUT2D eigenvalue weighted by atomic mass is 9.71. The largest absolute Gasteiger partial charge is 0.337 e. The molecule has 0 spiro atoms. The summed E-state index contributed by atoms with van der Waals surface area (Å²) in [5, 5.41) is 0. The SMILES string of the molecule is CCC1(C(=S)N(C)c2cccnc2)CCCCC1. The second kappa shape index (κ2) is 5.79. The summed E-state index contributed by atoms with van der Waals surface area (Å²) >= 11 is 5.79. The lowest BCUT2D eigenvalue weighted by molar-refractivity contribution is 0.276. The molecule has 1 aliphatic carbocycles. The molecule has 1 aliphatic rings. The van der Waals surface area contributed by atoms with Gasteiger partial charge in [0.1, 0.15) is 0 Å². The molecular weight excluding hydrogens is 240 g/mol. The van der Waals surface area contributed by atoms with E-state index in [1.165, 1.54) is 32.1 Å². The van der Waals surface area contributed by atoms with Crippen LogP contribution in [0.15, 0.2) is 24.5 Å². The summed E-state index contributed by atoms with van der Waals surface area (Å²) in [5.74, 6) is 0. The molecule has 0 atom stereocenters. The molecule has 0 saturated heterocycles. The minimum Gasteiger partial charge on any atom is -0.337 e. The molecule has 1 fully saturated rings. The van der Waals surface area contributed by atoms with Crippen molar-refractivity contribution in [1.29, 1.82) is 0 Å². The Hall–Kier alpha value is -0.960. The lowest BCUT2D eigenvalue weighted by Crippen LogP contribution is -2.41. The van der Waals surface area contributed by atoms with E-state index in [1.807, 2.05) is 12.3 Å². The van der Waals surface area contributed by atoms with Crippen LogP contribution in [0, 0.1) is 5.41 Å². The van der Waals surface area contributed by atoms with Crippen LogP contribution in [-0.2, 0) is 0 Å². The Kier molecular flexibility index (Phi) is 4.33. The molecule has 18 heavy (non-hydrogen) atoms. The zero-order valence-corrected chi connectivity index (χ0v) is 12.2. The van der Waals surface area contributed by atoms with Gasteiger partial charge in [-0.1, -0.05) is 38.4 Å². The number of nitrogens with zero attached hydrogens (tertiary/aromatic N) is 2. The van der Waals surface area contributed by atoms with Gasteiger partial charge >= 0.3 is 0 Å². The number of pyridine rings is 1. The Bertz CT molecular complexity index is 396. The molecule has 0 radical (unpaired) electrons. The molecule has 1 aromatic heterocycles. The van der Waals surface area contributed by atoms with Crippen LogP contribution in [0.25, 0.3) is 0 Å². The summed E-state index contributed by atoms with van der Waals surface area (Å²) in [6.07, 6.45) is 11.3. The molecule has 3 heteroatoms. The fourth-order valence-electron chi connectivity index (χ4n) is 2.97. The van der Waals surface area contributed by atoms with Gasteiger partial charge in [0.25, 0.3) is 0 Å². The average Bonchev–Trinajstić information content (AvgIpc) is 2.47. The van der Waals surface area contributed by atoms with Crippen LogP contribution in [0.3, 0.4) is 0 Å². The quantitative estimate of drug-likeness (QED) is 0.759. The first-order valence-electron chi connectivity index (χ1n) is 6.88. The number of thiocarbonyl (C=S) groups is 1. The molecule has 2 rings (SSSR count). The first-order chi connectivity index (χ1) is 8.69. The summed E-state index contributed by atoms with van der Waals surface area (Å²) in [6, 6.07) is 4.04. The van der Waals surface area contributed by atoms with E-state index in [0.29, 0.717) is 0 Å². The summed E-state index contributed by atoms with van der Waals surface area (Å²) in [5.41, 5.74) is 1.33.